The first-order valence-corrected chi connectivity index (χ1v) is 39.7. The zero-order valence-electron chi connectivity index (χ0n) is 58.8. The van der Waals surface area contributed by atoms with Gasteiger partial charge in [0.15, 0.2) is 12.2 Å². The molecular weight excluding hydrogens is 1190 g/mol. The van der Waals surface area contributed by atoms with Crippen molar-refractivity contribution in [3.8, 4) is 0 Å². The third-order valence-electron chi connectivity index (χ3n) is 16.3. The molecule has 534 valence electrons. The van der Waals surface area contributed by atoms with Crippen molar-refractivity contribution in [2.24, 2.45) is 23.7 Å². The highest BCUT2D eigenvalue weighted by molar-refractivity contribution is 7.47. The van der Waals surface area contributed by atoms with Crippen LogP contribution in [-0.4, -0.2) is 96.7 Å². The van der Waals surface area contributed by atoms with Gasteiger partial charge in [0.1, 0.15) is 19.3 Å². The Bertz CT molecular complexity index is 1780. The van der Waals surface area contributed by atoms with Gasteiger partial charge >= 0.3 is 39.5 Å². The molecule has 0 aromatic heterocycles. The normalized spacial score (nSPS) is 14.3. The second-order valence-corrected chi connectivity index (χ2v) is 30.4. The summed E-state index contributed by atoms with van der Waals surface area (Å²) < 4.78 is 68.2. The topological polar surface area (TPSA) is 237 Å². The molecule has 0 aliphatic heterocycles. The third kappa shape index (κ3) is 64.8. The van der Waals surface area contributed by atoms with Crippen molar-refractivity contribution in [1.29, 1.82) is 0 Å². The molecule has 0 saturated carbocycles. The molecule has 0 radical (unpaired) electrons. The molecule has 0 heterocycles. The minimum atomic E-state index is -4.95. The smallest absolute Gasteiger partial charge is 0.462 e. The van der Waals surface area contributed by atoms with Gasteiger partial charge in [-0.25, -0.2) is 9.13 Å². The van der Waals surface area contributed by atoms with Crippen LogP contribution in [-0.2, 0) is 65.4 Å². The molecule has 0 rings (SSSR count). The number of hydrogen-bond acceptors (Lipinski definition) is 15. The molecule has 0 aromatic rings. The van der Waals surface area contributed by atoms with E-state index in [1.165, 1.54) is 148 Å². The summed E-state index contributed by atoms with van der Waals surface area (Å²) in [6.07, 6.45) is 43.3. The lowest BCUT2D eigenvalue weighted by atomic mass is 10.0. The van der Waals surface area contributed by atoms with E-state index in [0.717, 1.165) is 108 Å². The van der Waals surface area contributed by atoms with Crippen molar-refractivity contribution >= 4 is 39.5 Å². The van der Waals surface area contributed by atoms with Crippen LogP contribution in [0.5, 0.6) is 0 Å². The molecule has 0 amide bonds. The maximum absolute atomic E-state index is 13.0. The summed E-state index contributed by atoms with van der Waals surface area (Å²) >= 11 is 0. The maximum Gasteiger partial charge on any atom is 0.472 e. The highest BCUT2D eigenvalue weighted by Crippen LogP contribution is 2.45. The van der Waals surface area contributed by atoms with Gasteiger partial charge in [0.05, 0.1) is 26.4 Å². The first-order valence-electron chi connectivity index (χ1n) is 36.7. The lowest BCUT2D eigenvalue weighted by molar-refractivity contribution is -0.161. The molecule has 3 N–H and O–H groups in total. The number of hydrogen-bond donors (Lipinski definition) is 3. The highest BCUT2D eigenvalue weighted by Gasteiger charge is 2.30. The molecule has 0 aliphatic rings. The van der Waals surface area contributed by atoms with Gasteiger partial charge in [0, 0.05) is 25.7 Å². The number of aliphatic hydroxyl groups is 1. The molecule has 0 aliphatic carbocycles. The van der Waals surface area contributed by atoms with E-state index in [1.807, 2.05) is 0 Å². The van der Waals surface area contributed by atoms with Crippen molar-refractivity contribution in [1.82, 2.24) is 0 Å². The Morgan fingerprint density at radius 3 is 0.689 bits per heavy atom. The molecule has 0 aromatic carbocycles. The van der Waals surface area contributed by atoms with Gasteiger partial charge in [-0.2, -0.15) is 0 Å². The molecule has 0 fully saturated rings. The van der Waals surface area contributed by atoms with E-state index in [2.05, 4.69) is 55.4 Å². The lowest BCUT2D eigenvalue weighted by Crippen LogP contribution is -2.30. The number of rotatable bonds is 68. The quantitative estimate of drug-likeness (QED) is 0.0222. The maximum atomic E-state index is 13.0. The number of ether oxygens (including phenoxy) is 4. The Kier molecular flexibility index (Phi) is 59.4. The van der Waals surface area contributed by atoms with E-state index in [0.29, 0.717) is 37.5 Å². The van der Waals surface area contributed by atoms with E-state index >= 15 is 0 Å². The van der Waals surface area contributed by atoms with Crippen LogP contribution >= 0.6 is 15.6 Å². The fourth-order valence-electron chi connectivity index (χ4n) is 10.7. The van der Waals surface area contributed by atoms with Gasteiger partial charge in [-0.3, -0.25) is 37.3 Å². The van der Waals surface area contributed by atoms with E-state index in [9.17, 15) is 43.2 Å². The van der Waals surface area contributed by atoms with Crippen molar-refractivity contribution in [2.45, 2.75) is 369 Å². The van der Waals surface area contributed by atoms with Crippen LogP contribution < -0.4 is 0 Å². The van der Waals surface area contributed by atoms with E-state index < -0.39 is 97.5 Å². The molecule has 17 nitrogen and oxygen atoms in total. The van der Waals surface area contributed by atoms with Crippen molar-refractivity contribution < 1.29 is 80.2 Å². The largest absolute Gasteiger partial charge is 0.472 e. The van der Waals surface area contributed by atoms with Crippen LogP contribution in [0.3, 0.4) is 0 Å². The number of unbranched alkanes of at least 4 members (excludes halogenated alkanes) is 34. The fourth-order valence-corrected chi connectivity index (χ4v) is 12.2. The van der Waals surface area contributed by atoms with Crippen LogP contribution in [0.1, 0.15) is 351 Å². The summed E-state index contributed by atoms with van der Waals surface area (Å²) in [5, 5.41) is 10.6. The summed E-state index contributed by atoms with van der Waals surface area (Å²) in [6.45, 7) is 14.0. The van der Waals surface area contributed by atoms with Gasteiger partial charge in [0.25, 0.3) is 0 Å². The van der Waals surface area contributed by atoms with Gasteiger partial charge in [0.2, 0.25) is 0 Å². The average molecular weight is 1330 g/mol. The third-order valence-corrected chi connectivity index (χ3v) is 18.2. The van der Waals surface area contributed by atoms with E-state index in [4.69, 9.17) is 37.0 Å². The van der Waals surface area contributed by atoms with Crippen LogP contribution in [0.25, 0.3) is 0 Å². The Balaban J connectivity index is 5.19. The molecule has 19 heteroatoms. The number of phosphoric acid groups is 2. The molecule has 0 bridgehead atoms. The Morgan fingerprint density at radius 1 is 0.278 bits per heavy atom. The number of aliphatic hydroxyl groups excluding tert-OH is 1. The van der Waals surface area contributed by atoms with E-state index in [-0.39, 0.29) is 25.7 Å². The minimum Gasteiger partial charge on any atom is -0.462 e. The van der Waals surface area contributed by atoms with Crippen LogP contribution in [0, 0.1) is 23.7 Å². The van der Waals surface area contributed by atoms with Crippen molar-refractivity contribution in [2.75, 3.05) is 39.6 Å². The number of carbonyl (C=O) groups is 4. The highest BCUT2D eigenvalue weighted by atomic mass is 31.2. The van der Waals surface area contributed by atoms with Crippen molar-refractivity contribution in [3.05, 3.63) is 0 Å². The summed E-state index contributed by atoms with van der Waals surface area (Å²) in [7, 11) is -9.90. The SMILES string of the molecule is CC(C)CCCCCCCCCCCCCCCCC(=O)OC[C@H](COP(=O)(O)OCC(O)COP(=O)(O)OC[C@@H](COC(=O)CCCCCCCCCC(C)C)OC(=O)CCCCCCCCCCCCCC(C)C)OC(=O)CCCCCCCCC(C)C. The second kappa shape index (κ2) is 60.7. The Labute approximate surface area is 549 Å². The predicted molar refractivity (Wildman–Crippen MR) is 363 cm³/mol. The van der Waals surface area contributed by atoms with Gasteiger partial charge < -0.3 is 33.8 Å². The van der Waals surface area contributed by atoms with E-state index in [1.54, 1.807) is 0 Å². The molecule has 5 atom stereocenters. The number of esters is 4. The first-order chi connectivity index (χ1) is 43.1. The summed E-state index contributed by atoms with van der Waals surface area (Å²) in [5.74, 6) is 0.806. The lowest BCUT2D eigenvalue weighted by Gasteiger charge is -2.21. The van der Waals surface area contributed by atoms with Crippen molar-refractivity contribution in [3.63, 3.8) is 0 Å². The van der Waals surface area contributed by atoms with Crippen LogP contribution in [0.4, 0.5) is 0 Å². The minimum absolute atomic E-state index is 0.102. The Morgan fingerprint density at radius 2 is 0.467 bits per heavy atom. The summed E-state index contributed by atoms with van der Waals surface area (Å²) in [6, 6.07) is 0. The molecule has 0 saturated heterocycles. The zero-order chi connectivity index (χ0) is 66.8. The Hall–Kier alpha value is -1.94. The van der Waals surface area contributed by atoms with Crippen LogP contribution in [0.2, 0.25) is 0 Å². The molecular formula is C71H138O17P2. The summed E-state index contributed by atoms with van der Waals surface area (Å²) in [5.41, 5.74) is 0. The first kappa shape index (κ1) is 88.1. The van der Waals surface area contributed by atoms with Gasteiger partial charge in [-0.15, -0.1) is 0 Å². The molecule has 0 spiro atoms. The zero-order valence-corrected chi connectivity index (χ0v) is 60.6. The van der Waals surface area contributed by atoms with Gasteiger partial charge in [-0.1, -0.05) is 299 Å². The number of phosphoric ester groups is 2. The van der Waals surface area contributed by atoms with Gasteiger partial charge in [-0.05, 0) is 49.4 Å². The predicted octanol–water partition coefficient (Wildman–Crippen LogP) is 20.1. The summed E-state index contributed by atoms with van der Waals surface area (Å²) in [4.78, 5) is 72.5. The van der Waals surface area contributed by atoms with Crippen LogP contribution in [0.15, 0.2) is 0 Å². The number of carbonyl (C=O) groups excluding carboxylic acids is 4. The molecule has 3 unspecified atom stereocenters. The monoisotopic (exact) mass is 1320 g/mol. The second-order valence-electron chi connectivity index (χ2n) is 27.5. The standard InChI is InChI=1S/C71H138O17P2/c1-61(2)47-39-31-23-18-14-11-9-10-12-16-20-26-35-43-51-68(73)81-58-67(88-71(76)54-46-38-30-29-34-42-50-64(7)8)60-86-90(79,80)84-56-65(72)55-83-89(77,78)85-59-66(57-82-69(74)52-44-36-28-22-25-33-41-49-63(5)6)87-70(75)53-45-37-27-21-17-13-15-19-24-32-40-48-62(3)4/h61-67,72H,9-60H2,1-8H3,(H,77,78)(H,79,80)/t65?,66-,67-/m1/s1. The average Bonchev–Trinajstić information content (AvgIpc) is 3.66. The molecule has 90 heavy (non-hydrogen) atoms. The fraction of sp³-hybridized carbons (Fsp3) is 0.944.